The summed E-state index contributed by atoms with van der Waals surface area (Å²) in [7, 11) is 1.58. The van der Waals surface area contributed by atoms with E-state index in [-0.39, 0.29) is 18.0 Å². The van der Waals surface area contributed by atoms with E-state index >= 15 is 0 Å². The molecular weight excluding hydrogens is 423 g/mol. The van der Waals surface area contributed by atoms with Crippen molar-refractivity contribution in [3.63, 3.8) is 0 Å². The van der Waals surface area contributed by atoms with E-state index in [1.54, 1.807) is 67.8 Å². The number of rotatable bonds is 8. The third kappa shape index (κ3) is 5.21. The van der Waals surface area contributed by atoms with E-state index in [4.69, 9.17) is 32.7 Å². The second kappa shape index (κ2) is 10.3. The summed E-state index contributed by atoms with van der Waals surface area (Å²) in [5.74, 6) is -0.512. The van der Waals surface area contributed by atoms with Crippen molar-refractivity contribution >= 4 is 35.0 Å². The lowest BCUT2D eigenvalue weighted by Gasteiger charge is -2.18. The molecule has 0 N–H and O–H groups in total. The van der Waals surface area contributed by atoms with Crippen LogP contribution in [0.15, 0.2) is 72.8 Å². The van der Waals surface area contributed by atoms with Crippen LogP contribution in [0.25, 0.3) is 0 Å². The van der Waals surface area contributed by atoms with Gasteiger partial charge in [0, 0.05) is 5.56 Å². The lowest BCUT2D eigenvalue weighted by Crippen LogP contribution is -2.17. The Balaban J connectivity index is 1.79. The summed E-state index contributed by atoms with van der Waals surface area (Å²) in [6.45, 7) is 0.0525. The number of esters is 1. The lowest BCUT2D eigenvalue weighted by molar-refractivity contribution is 0.0487. The Bertz CT molecular complexity index is 1030. The van der Waals surface area contributed by atoms with Gasteiger partial charge in [0.05, 0.1) is 35.2 Å². The Labute approximate surface area is 185 Å². The number of carbonyl (C=O) groups excluding carboxylic acids is 2. The third-order valence-corrected chi connectivity index (χ3v) is 5.37. The smallest absolute Gasteiger partial charge is 0.339 e. The molecule has 1 atom stereocenters. The van der Waals surface area contributed by atoms with Crippen molar-refractivity contribution in [3.8, 4) is 5.75 Å². The molecule has 3 aromatic rings. The van der Waals surface area contributed by atoms with E-state index in [0.717, 1.165) is 5.56 Å². The highest BCUT2D eigenvalue weighted by Crippen LogP contribution is 2.29. The van der Waals surface area contributed by atoms with Crippen LogP contribution in [-0.2, 0) is 4.74 Å². The Morgan fingerprint density at radius 2 is 1.40 bits per heavy atom. The molecule has 0 fully saturated rings. The van der Waals surface area contributed by atoms with Crippen LogP contribution in [0.5, 0.6) is 5.75 Å². The minimum Gasteiger partial charge on any atom is -0.497 e. The Kier molecular flexibility index (Phi) is 7.50. The monoisotopic (exact) mass is 442 g/mol. The molecule has 6 heteroatoms. The van der Waals surface area contributed by atoms with Gasteiger partial charge in [0.25, 0.3) is 0 Å². The number of ketones is 1. The molecule has 0 radical (unpaired) electrons. The molecule has 3 rings (SSSR count). The predicted molar refractivity (Wildman–Crippen MR) is 118 cm³/mol. The molecular formula is C24H20Cl2O4. The molecule has 3 aromatic carbocycles. The summed E-state index contributed by atoms with van der Waals surface area (Å²) in [5.41, 5.74) is 1.50. The van der Waals surface area contributed by atoms with E-state index in [0.29, 0.717) is 27.8 Å². The fourth-order valence-corrected chi connectivity index (χ4v) is 3.55. The van der Waals surface area contributed by atoms with Gasteiger partial charge < -0.3 is 9.47 Å². The molecule has 4 nitrogen and oxygen atoms in total. The normalized spacial score (nSPS) is 11.6. The van der Waals surface area contributed by atoms with Crippen molar-refractivity contribution < 1.29 is 19.1 Å². The van der Waals surface area contributed by atoms with Crippen molar-refractivity contribution in [2.45, 2.75) is 12.3 Å². The predicted octanol–water partition coefficient (Wildman–Crippen LogP) is 6.22. The fourth-order valence-electron chi connectivity index (χ4n) is 3.11. The van der Waals surface area contributed by atoms with Gasteiger partial charge in [-0.2, -0.15) is 0 Å². The van der Waals surface area contributed by atoms with Crippen molar-refractivity contribution in [1.82, 2.24) is 0 Å². The van der Waals surface area contributed by atoms with E-state index in [1.165, 1.54) is 0 Å². The molecule has 1 unspecified atom stereocenters. The summed E-state index contributed by atoms with van der Waals surface area (Å²) in [4.78, 5) is 25.6. The van der Waals surface area contributed by atoms with Gasteiger partial charge in [-0.25, -0.2) is 4.79 Å². The van der Waals surface area contributed by atoms with Crippen LogP contribution in [0.1, 0.15) is 38.6 Å². The highest BCUT2D eigenvalue weighted by atomic mass is 35.5. The van der Waals surface area contributed by atoms with Crippen LogP contribution < -0.4 is 4.74 Å². The van der Waals surface area contributed by atoms with Crippen LogP contribution in [0.2, 0.25) is 10.0 Å². The first kappa shape index (κ1) is 21.9. The van der Waals surface area contributed by atoms with Gasteiger partial charge in [0.15, 0.2) is 5.78 Å². The average molecular weight is 443 g/mol. The summed E-state index contributed by atoms with van der Waals surface area (Å²) in [6.07, 6.45) is 0.298. The Morgan fingerprint density at radius 3 is 1.97 bits per heavy atom. The molecule has 154 valence electrons. The lowest BCUT2D eigenvalue weighted by atomic mass is 9.88. The number of halogens is 2. The molecule has 0 amide bonds. The number of methoxy groups -OCH3 is 1. The standard InChI is InChI=1S/C24H20Cl2O4/c1-29-17-12-10-16(11-13-17)18(23(27)19-6-2-4-8-21(19)25)14-15-30-24(28)20-7-3-5-9-22(20)26/h2-13,18H,14-15H2,1H3. The number of hydrogen-bond donors (Lipinski definition) is 0. The first-order valence-corrected chi connectivity index (χ1v) is 10.1. The first-order chi connectivity index (χ1) is 14.5. The zero-order valence-corrected chi connectivity index (χ0v) is 17.8. The molecule has 0 aliphatic heterocycles. The van der Waals surface area contributed by atoms with E-state index in [9.17, 15) is 9.59 Å². The largest absolute Gasteiger partial charge is 0.497 e. The second-order valence-corrected chi connectivity index (χ2v) is 7.39. The minimum atomic E-state index is -0.533. The van der Waals surface area contributed by atoms with Crippen molar-refractivity contribution in [2.75, 3.05) is 13.7 Å². The van der Waals surface area contributed by atoms with Crippen LogP contribution in [0.3, 0.4) is 0 Å². The summed E-state index contributed by atoms with van der Waals surface area (Å²) in [5, 5.41) is 0.704. The van der Waals surface area contributed by atoms with E-state index in [2.05, 4.69) is 0 Å². The first-order valence-electron chi connectivity index (χ1n) is 9.35. The zero-order chi connectivity index (χ0) is 21.5. The van der Waals surface area contributed by atoms with Crippen LogP contribution in [0.4, 0.5) is 0 Å². The number of benzene rings is 3. The van der Waals surface area contributed by atoms with Crippen molar-refractivity contribution in [3.05, 3.63) is 99.5 Å². The topological polar surface area (TPSA) is 52.6 Å². The van der Waals surface area contributed by atoms with Crippen molar-refractivity contribution in [1.29, 1.82) is 0 Å². The quantitative estimate of drug-likeness (QED) is 0.307. The number of Topliss-reactive ketones (excluding diaryl/α,β-unsaturated/α-hetero) is 1. The second-order valence-electron chi connectivity index (χ2n) is 6.57. The van der Waals surface area contributed by atoms with Gasteiger partial charge in [-0.3, -0.25) is 4.79 Å². The molecule has 0 spiro atoms. The molecule has 30 heavy (non-hydrogen) atoms. The highest BCUT2D eigenvalue weighted by molar-refractivity contribution is 6.34. The highest BCUT2D eigenvalue weighted by Gasteiger charge is 2.24. The van der Waals surface area contributed by atoms with E-state index in [1.807, 2.05) is 12.1 Å². The van der Waals surface area contributed by atoms with Gasteiger partial charge in [-0.1, -0.05) is 59.6 Å². The molecule has 0 heterocycles. The molecule has 0 bridgehead atoms. The van der Waals surface area contributed by atoms with Crippen LogP contribution >= 0.6 is 23.2 Å². The number of hydrogen-bond acceptors (Lipinski definition) is 4. The van der Waals surface area contributed by atoms with Gasteiger partial charge in [-0.05, 0) is 48.4 Å². The summed E-state index contributed by atoms with van der Waals surface area (Å²) in [6, 6.07) is 20.8. The summed E-state index contributed by atoms with van der Waals surface area (Å²) < 4.78 is 10.6. The molecule has 0 aromatic heterocycles. The maximum atomic E-state index is 13.2. The van der Waals surface area contributed by atoms with Gasteiger partial charge >= 0.3 is 5.97 Å². The van der Waals surface area contributed by atoms with Gasteiger partial charge in [0.1, 0.15) is 5.75 Å². The molecule has 0 saturated carbocycles. The average Bonchev–Trinajstić information content (AvgIpc) is 2.77. The summed E-state index contributed by atoms with van der Waals surface area (Å²) >= 11 is 12.3. The maximum absolute atomic E-state index is 13.2. The van der Waals surface area contributed by atoms with Crippen LogP contribution in [0, 0.1) is 0 Å². The SMILES string of the molecule is COc1ccc(C(CCOC(=O)c2ccccc2Cl)C(=O)c2ccccc2Cl)cc1. The van der Waals surface area contributed by atoms with Gasteiger partial charge in [-0.15, -0.1) is 0 Å². The number of ether oxygens (including phenoxy) is 2. The Morgan fingerprint density at radius 1 is 0.833 bits per heavy atom. The number of carbonyl (C=O) groups is 2. The Hall–Kier alpha value is -2.82. The molecule has 0 aliphatic carbocycles. The van der Waals surface area contributed by atoms with Crippen LogP contribution in [-0.4, -0.2) is 25.5 Å². The zero-order valence-electron chi connectivity index (χ0n) is 16.3. The van der Waals surface area contributed by atoms with Crippen molar-refractivity contribution in [2.24, 2.45) is 0 Å². The third-order valence-electron chi connectivity index (χ3n) is 4.71. The van der Waals surface area contributed by atoms with E-state index < -0.39 is 11.9 Å². The molecule has 0 saturated heterocycles. The maximum Gasteiger partial charge on any atom is 0.339 e. The van der Waals surface area contributed by atoms with Gasteiger partial charge in [0.2, 0.25) is 0 Å². The fraction of sp³-hybridized carbons (Fsp3) is 0.167. The minimum absolute atomic E-state index is 0.0525. The molecule has 0 aliphatic rings.